The second-order valence-corrected chi connectivity index (χ2v) is 6.35. The summed E-state index contributed by atoms with van der Waals surface area (Å²) in [5, 5.41) is 2.99. The lowest BCUT2D eigenvalue weighted by atomic mass is 9.99. The number of carbonyl (C=O) groups excluding carboxylic acids is 1. The third-order valence-electron chi connectivity index (χ3n) is 4.55. The van der Waals surface area contributed by atoms with Crippen molar-refractivity contribution < 1.29 is 4.79 Å². The lowest BCUT2D eigenvalue weighted by molar-refractivity contribution is -0.125. The molecule has 0 radical (unpaired) electrons. The molecule has 0 unspecified atom stereocenters. The summed E-state index contributed by atoms with van der Waals surface area (Å²) < 4.78 is 0. The minimum absolute atomic E-state index is 0.00640. The van der Waals surface area contributed by atoms with Gasteiger partial charge in [-0.1, -0.05) is 30.3 Å². The molecule has 0 saturated carbocycles. The van der Waals surface area contributed by atoms with Gasteiger partial charge in [0.2, 0.25) is 5.91 Å². The Balaban J connectivity index is 1.30. The summed E-state index contributed by atoms with van der Waals surface area (Å²) in [6.45, 7) is 1.98. The van der Waals surface area contributed by atoms with E-state index in [1.807, 2.05) is 36.4 Å². The maximum absolute atomic E-state index is 12.2. The summed E-state index contributed by atoms with van der Waals surface area (Å²) in [6.07, 6.45) is 5.76. The topological polar surface area (TPSA) is 86.8 Å². The van der Waals surface area contributed by atoms with E-state index in [2.05, 4.69) is 30.2 Å². The molecule has 3 heterocycles. The van der Waals surface area contributed by atoms with E-state index in [9.17, 15) is 4.79 Å². The summed E-state index contributed by atoms with van der Waals surface area (Å²) in [5.74, 6) is 0.963. The molecule has 0 spiro atoms. The summed E-state index contributed by atoms with van der Waals surface area (Å²) in [5.41, 5.74) is 2.97. The maximum atomic E-state index is 12.2. The number of carbonyl (C=O) groups is 1. The number of amides is 1. The van der Waals surface area contributed by atoms with E-state index in [1.165, 1.54) is 0 Å². The van der Waals surface area contributed by atoms with Crippen LogP contribution in [-0.2, 0) is 11.2 Å². The van der Waals surface area contributed by atoms with Gasteiger partial charge in [-0.25, -0.2) is 15.0 Å². The van der Waals surface area contributed by atoms with Crippen LogP contribution in [0.25, 0.3) is 11.3 Å². The van der Waals surface area contributed by atoms with Crippen LogP contribution in [0.15, 0.2) is 55.2 Å². The monoisotopic (exact) mass is 348 g/mol. The van der Waals surface area contributed by atoms with E-state index in [1.54, 1.807) is 18.9 Å². The van der Waals surface area contributed by atoms with Crippen molar-refractivity contribution in [3.05, 3.63) is 60.9 Å². The molecule has 26 heavy (non-hydrogen) atoms. The molecule has 1 fully saturated rings. The first-order valence-electron chi connectivity index (χ1n) is 8.67. The van der Waals surface area contributed by atoms with Crippen molar-refractivity contribution in [3.63, 3.8) is 0 Å². The lowest BCUT2D eigenvalue weighted by Gasteiger charge is -2.39. The number of aromatic nitrogens is 4. The van der Waals surface area contributed by atoms with Crippen LogP contribution >= 0.6 is 0 Å². The zero-order valence-electron chi connectivity index (χ0n) is 14.3. The predicted molar refractivity (Wildman–Crippen MR) is 98.5 cm³/mol. The highest BCUT2D eigenvalue weighted by molar-refractivity contribution is 5.81. The molecule has 0 aliphatic carbocycles. The van der Waals surface area contributed by atoms with Crippen molar-refractivity contribution in [1.29, 1.82) is 0 Å². The van der Waals surface area contributed by atoms with Crippen molar-refractivity contribution in [2.45, 2.75) is 6.42 Å². The molecule has 3 aromatic rings. The van der Waals surface area contributed by atoms with Crippen molar-refractivity contribution >= 4 is 11.7 Å². The molecule has 1 aliphatic rings. The first-order chi connectivity index (χ1) is 12.8. The molecule has 4 rings (SSSR count). The van der Waals surface area contributed by atoms with Crippen LogP contribution in [0.5, 0.6) is 0 Å². The second kappa shape index (κ2) is 7.35. The average molecular weight is 348 g/mol. The highest BCUT2D eigenvalue weighted by atomic mass is 16.2. The van der Waals surface area contributed by atoms with Gasteiger partial charge >= 0.3 is 0 Å². The molecular weight excluding hydrogens is 328 g/mol. The van der Waals surface area contributed by atoms with Gasteiger partial charge in [0.05, 0.1) is 17.9 Å². The summed E-state index contributed by atoms with van der Waals surface area (Å²) in [6, 6.07) is 12.0. The van der Waals surface area contributed by atoms with Crippen molar-refractivity contribution in [1.82, 2.24) is 25.3 Å². The van der Waals surface area contributed by atoms with Crippen LogP contribution < -0.4 is 10.2 Å². The maximum Gasteiger partial charge on any atom is 0.226 e. The molecule has 1 amide bonds. The third-order valence-corrected chi connectivity index (χ3v) is 4.55. The fourth-order valence-corrected chi connectivity index (χ4v) is 3.00. The average Bonchev–Trinajstić information content (AvgIpc) is 3.15. The van der Waals surface area contributed by atoms with Crippen molar-refractivity contribution in [2.75, 3.05) is 24.5 Å². The van der Waals surface area contributed by atoms with E-state index < -0.39 is 0 Å². The molecule has 7 heteroatoms. The molecule has 1 saturated heterocycles. The van der Waals surface area contributed by atoms with Gasteiger partial charge in [-0.2, -0.15) is 0 Å². The van der Waals surface area contributed by atoms with E-state index in [4.69, 9.17) is 0 Å². The van der Waals surface area contributed by atoms with Gasteiger partial charge < -0.3 is 15.2 Å². The molecular formula is C19H20N6O. The van der Waals surface area contributed by atoms with Gasteiger partial charge in [0, 0.05) is 49.6 Å². The Morgan fingerprint density at radius 1 is 1.23 bits per heavy atom. The van der Waals surface area contributed by atoms with Gasteiger partial charge in [0.25, 0.3) is 0 Å². The Bertz CT molecular complexity index is 859. The minimum atomic E-state index is 0.00640. The number of nitrogens with one attached hydrogen (secondary N) is 2. The number of hydrogen-bond acceptors (Lipinski definition) is 5. The van der Waals surface area contributed by atoms with E-state index in [0.717, 1.165) is 29.2 Å². The number of H-pyrrole nitrogens is 1. The number of nitrogens with zero attached hydrogens (tertiary/aromatic N) is 4. The smallest absolute Gasteiger partial charge is 0.226 e. The normalized spacial score (nSPS) is 14.1. The number of aromatic amines is 1. The summed E-state index contributed by atoms with van der Waals surface area (Å²) in [4.78, 5) is 30.0. The second-order valence-electron chi connectivity index (χ2n) is 6.35. The van der Waals surface area contributed by atoms with Gasteiger partial charge in [0.1, 0.15) is 12.1 Å². The predicted octanol–water partition coefficient (Wildman–Crippen LogP) is 1.66. The molecule has 0 atom stereocenters. The number of anilines is 1. The number of benzene rings is 1. The van der Waals surface area contributed by atoms with E-state index >= 15 is 0 Å². The van der Waals surface area contributed by atoms with Crippen LogP contribution in [0.1, 0.15) is 5.69 Å². The third kappa shape index (κ3) is 3.56. The van der Waals surface area contributed by atoms with Gasteiger partial charge in [-0.15, -0.1) is 0 Å². The van der Waals surface area contributed by atoms with Gasteiger partial charge in [0.15, 0.2) is 0 Å². The lowest BCUT2D eigenvalue weighted by Crippen LogP contribution is -2.54. The molecule has 1 aliphatic heterocycles. The number of rotatable bonds is 6. The number of hydrogen-bond donors (Lipinski definition) is 2. The summed E-state index contributed by atoms with van der Waals surface area (Å²) in [7, 11) is 0. The molecule has 132 valence electrons. The van der Waals surface area contributed by atoms with Crippen molar-refractivity contribution in [3.8, 4) is 11.3 Å². The Labute approximate surface area is 151 Å². The largest absolute Gasteiger partial charge is 0.355 e. The molecule has 2 aromatic heterocycles. The van der Waals surface area contributed by atoms with E-state index in [-0.39, 0.29) is 11.8 Å². The van der Waals surface area contributed by atoms with Crippen LogP contribution in [0.4, 0.5) is 5.82 Å². The Morgan fingerprint density at radius 3 is 2.85 bits per heavy atom. The Morgan fingerprint density at radius 2 is 2.08 bits per heavy atom. The Kier molecular flexibility index (Phi) is 4.59. The molecule has 1 aromatic carbocycles. The standard InChI is InChI=1S/C19H20N6O/c26-19(21-7-6-16-9-20-12-22-16)15-10-25(11-15)18-8-17(23-13-24-18)14-4-2-1-3-5-14/h1-5,8-9,12-13,15H,6-7,10-11H2,(H,20,22)(H,21,26). The van der Waals surface area contributed by atoms with Crippen LogP contribution in [-0.4, -0.2) is 45.5 Å². The SMILES string of the molecule is O=C(NCCc1cnc[nH]1)C1CN(c2cc(-c3ccccc3)ncn2)C1. The first-order valence-corrected chi connectivity index (χ1v) is 8.67. The van der Waals surface area contributed by atoms with Crippen LogP contribution in [0.2, 0.25) is 0 Å². The van der Waals surface area contributed by atoms with Crippen molar-refractivity contribution in [2.24, 2.45) is 5.92 Å². The minimum Gasteiger partial charge on any atom is -0.355 e. The van der Waals surface area contributed by atoms with Gasteiger partial charge in [-0.3, -0.25) is 4.79 Å². The molecule has 0 bridgehead atoms. The highest BCUT2D eigenvalue weighted by Crippen LogP contribution is 2.26. The molecule has 7 nitrogen and oxygen atoms in total. The quantitative estimate of drug-likeness (QED) is 0.707. The fourth-order valence-electron chi connectivity index (χ4n) is 3.00. The van der Waals surface area contributed by atoms with Crippen LogP contribution in [0, 0.1) is 5.92 Å². The first kappa shape index (κ1) is 16.3. The molecule has 2 N–H and O–H groups in total. The zero-order chi connectivity index (χ0) is 17.8. The van der Waals surface area contributed by atoms with Crippen LogP contribution in [0.3, 0.4) is 0 Å². The summed E-state index contributed by atoms with van der Waals surface area (Å²) >= 11 is 0. The Hall–Kier alpha value is -3.22. The fraction of sp³-hybridized carbons (Fsp3) is 0.263. The highest BCUT2D eigenvalue weighted by Gasteiger charge is 2.33. The number of imidazole rings is 1. The zero-order valence-corrected chi connectivity index (χ0v) is 14.3. The van der Waals surface area contributed by atoms with Gasteiger partial charge in [-0.05, 0) is 0 Å². The van der Waals surface area contributed by atoms with E-state index in [0.29, 0.717) is 19.6 Å².